The normalized spacial score (nSPS) is 13.1. The van der Waals surface area contributed by atoms with Gasteiger partial charge in [-0.15, -0.1) is 0 Å². The fourth-order valence-corrected chi connectivity index (χ4v) is 2.97. The first kappa shape index (κ1) is 18.4. The first-order valence-corrected chi connectivity index (χ1v) is 8.60. The lowest BCUT2D eigenvalue weighted by molar-refractivity contribution is -0.385. The Balaban J connectivity index is 1.74. The van der Waals surface area contributed by atoms with Gasteiger partial charge < -0.3 is 9.88 Å². The van der Waals surface area contributed by atoms with Gasteiger partial charge in [0, 0.05) is 18.1 Å². The number of nitrogens with zero attached hydrogens (tertiary/aromatic N) is 4. The molecule has 0 saturated carbocycles. The number of amides is 1. The van der Waals surface area contributed by atoms with Crippen LogP contribution >= 0.6 is 0 Å². The van der Waals surface area contributed by atoms with Crippen LogP contribution in [0.2, 0.25) is 0 Å². The number of carbonyl (C=O) groups excluding carboxylic acids is 1. The number of nitro groups is 1. The lowest BCUT2D eigenvalue weighted by Gasteiger charge is -2.19. The Labute approximate surface area is 156 Å². The predicted molar refractivity (Wildman–Crippen MR) is 101 cm³/mol. The number of benzene rings is 1. The van der Waals surface area contributed by atoms with Gasteiger partial charge in [-0.25, -0.2) is 0 Å². The maximum Gasteiger partial charge on any atom is 0.309 e. The first-order valence-electron chi connectivity index (χ1n) is 8.60. The summed E-state index contributed by atoms with van der Waals surface area (Å²) in [6.45, 7) is 5.15. The van der Waals surface area contributed by atoms with Gasteiger partial charge in [0.05, 0.1) is 11.0 Å². The molecule has 0 aliphatic rings. The van der Waals surface area contributed by atoms with Gasteiger partial charge in [-0.05, 0) is 50.6 Å². The average Bonchev–Trinajstić information content (AvgIpc) is 3.31. The summed E-state index contributed by atoms with van der Waals surface area (Å²) in [5, 5.41) is 17.9. The molecule has 0 bridgehead atoms. The zero-order valence-electron chi connectivity index (χ0n) is 15.4. The van der Waals surface area contributed by atoms with Crippen molar-refractivity contribution >= 4 is 11.6 Å². The molecule has 3 aromatic rings. The van der Waals surface area contributed by atoms with E-state index in [4.69, 9.17) is 0 Å². The van der Waals surface area contributed by atoms with Crippen molar-refractivity contribution in [3.8, 4) is 5.69 Å². The van der Waals surface area contributed by atoms with E-state index >= 15 is 0 Å². The van der Waals surface area contributed by atoms with Crippen molar-refractivity contribution in [3.63, 3.8) is 0 Å². The van der Waals surface area contributed by atoms with E-state index in [1.54, 1.807) is 13.8 Å². The standard InChI is InChI=1S/C19H21N5O3/c1-13(16-7-6-8-17(11-16)22-9-4-5-10-22)21-19(25)15(3)23-14(2)18(12-20-23)24(26)27/h4-13,15H,1-3H3,(H,21,25). The van der Waals surface area contributed by atoms with Crippen LogP contribution in [-0.4, -0.2) is 25.2 Å². The van der Waals surface area contributed by atoms with E-state index in [-0.39, 0.29) is 17.6 Å². The van der Waals surface area contributed by atoms with Crippen LogP contribution in [-0.2, 0) is 4.79 Å². The molecule has 0 aliphatic heterocycles. The van der Waals surface area contributed by atoms with Crippen LogP contribution in [0.4, 0.5) is 5.69 Å². The highest BCUT2D eigenvalue weighted by molar-refractivity contribution is 5.80. The minimum Gasteiger partial charge on any atom is -0.348 e. The minimum absolute atomic E-state index is 0.0953. The highest BCUT2D eigenvalue weighted by Gasteiger charge is 2.24. The molecule has 8 heteroatoms. The van der Waals surface area contributed by atoms with Gasteiger partial charge in [0.2, 0.25) is 5.91 Å². The second-order valence-corrected chi connectivity index (χ2v) is 6.41. The molecule has 1 aromatic carbocycles. The van der Waals surface area contributed by atoms with E-state index < -0.39 is 11.0 Å². The lowest BCUT2D eigenvalue weighted by Crippen LogP contribution is -2.33. The summed E-state index contributed by atoms with van der Waals surface area (Å²) in [5.74, 6) is -0.255. The highest BCUT2D eigenvalue weighted by atomic mass is 16.6. The van der Waals surface area contributed by atoms with Gasteiger partial charge in [0.1, 0.15) is 17.9 Å². The van der Waals surface area contributed by atoms with Crippen LogP contribution in [0.1, 0.15) is 37.2 Å². The summed E-state index contributed by atoms with van der Waals surface area (Å²) in [6, 6.07) is 10.9. The molecule has 1 N–H and O–H groups in total. The van der Waals surface area contributed by atoms with Crippen molar-refractivity contribution in [1.82, 2.24) is 19.7 Å². The molecule has 27 heavy (non-hydrogen) atoms. The Morgan fingerprint density at radius 3 is 2.56 bits per heavy atom. The van der Waals surface area contributed by atoms with E-state index in [0.717, 1.165) is 11.3 Å². The number of aromatic nitrogens is 3. The Kier molecular flexibility index (Phi) is 5.07. The van der Waals surface area contributed by atoms with Crippen molar-refractivity contribution in [2.45, 2.75) is 32.9 Å². The number of carbonyl (C=O) groups is 1. The van der Waals surface area contributed by atoms with Crippen molar-refractivity contribution in [1.29, 1.82) is 0 Å². The zero-order valence-corrected chi connectivity index (χ0v) is 15.4. The second kappa shape index (κ2) is 7.45. The maximum atomic E-state index is 12.6. The molecule has 8 nitrogen and oxygen atoms in total. The van der Waals surface area contributed by atoms with Crippen LogP contribution < -0.4 is 5.32 Å². The minimum atomic E-state index is -0.659. The average molecular weight is 367 g/mol. The molecule has 0 spiro atoms. The molecule has 2 aromatic heterocycles. The summed E-state index contributed by atoms with van der Waals surface area (Å²) >= 11 is 0. The fraction of sp³-hybridized carbons (Fsp3) is 0.263. The molecule has 2 unspecified atom stereocenters. The van der Waals surface area contributed by atoms with Gasteiger partial charge in [-0.1, -0.05) is 12.1 Å². The largest absolute Gasteiger partial charge is 0.348 e. The van der Waals surface area contributed by atoms with E-state index in [1.165, 1.54) is 10.9 Å². The monoisotopic (exact) mass is 367 g/mol. The third-order valence-electron chi connectivity index (χ3n) is 4.59. The third-order valence-corrected chi connectivity index (χ3v) is 4.59. The SMILES string of the molecule is Cc1c([N+](=O)[O-])cnn1C(C)C(=O)NC(C)c1cccc(-n2cccc2)c1. The number of rotatable bonds is 6. The highest BCUT2D eigenvalue weighted by Crippen LogP contribution is 2.22. The van der Waals surface area contributed by atoms with Gasteiger partial charge in [-0.3, -0.25) is 19.6 Å². The fourth-order valence-electron chi connectivity index (χ4n) is 2.97. The van der Waals surface area contributed by atoms with Crippen LogP contribution in [0.3, 0.4) is 0 Å². The number of nitrogens with one attached hydrogen (secondary N) is 1. The van der Waals surface area contributed by atoms with Gasteiger partial charge in [0.15, 0.2) is 0 Å². The smallest absolute Gasteiger partial charge is 0.309 e. The molecule has 0 radical (unpaired) electrons. The summed E-state index contributed by atoms with van der Waals surface area (Å²) in [5.41, 5.74) is 2.22. The van der Waals surface area contributed by atoms with Crippen LogP contribution in [0.5, 0.6) is 0 Å². The van der Waals surface area contributed by atoms with Crippen molar-refractivity contribution in [3.05, 3.63) is 76.4 Å². The topological polar surface area (TPSA) is 95.0 Å². The molecular formula is C19H21N5O3. The maximum absolute atomic E-state index is 12.6. The first-order chi connectivity index (χ1) is 12.9. The molecule has 2 heterocycles. The van der Waals surface area contributed by atoms with Gasteiger partial charge >= 0.3 is 5.69 Å². The Bertz CT molecular complexity index is 962. The molecular weight excluding hydrogens is 346 g/mol. The predicted octanol–water partition coefficient (Wildman–Crippen LogP) is 3.33. The zero-order chi connectivity index (χ0) is 19.6. The molecule has 0 fully saturated rings. The summed E-state index contributed by atoms with van der Waals surface area (Å²) in [7, 11) is 0. The number of hydrogen-bond acceptors (Lipinski definition) is 4. The lowest BCUT2D eigenvalue weighted by atomic mass is 10.1. The molecule has 1 amide bonds. The molecule has 0 saturated heterocycles. The molecule has 0 aliphatic carbocycles. The van der Waals surface area contributed by atoms with Crippen molar-refractivity contribution in [2.24, 2.45) is 0 Å². The second-order valence-electron chi connectivity index (χ2n) is 6.41. The van der Waals surface area contributed by atoms with E-state index in [9.17, 15) is 14.9 Å². The van der Waals surface area contributed by atoms with Gasteiger partial charge in [-0.2, -0.15) is 5.10 Å². The molecule has 2 atom stereocenters. The van der Waals surface area contributed by atoms with Crippen LogP contribution in [0.15, 0.2) is 55.0 Å². The quantitative estimate of drug-likeness (QED) is 0.534. The summed E-state index contributed by atoms with van der Waals surface area (Å²) in [4.78, 5) is 23.1. The Morgan fingerprint density at radius 2 is 1.93 bits per heavy atom. The Morgan fingerprint density at radius 1 is 1.22 bits per heavy atom. The van der Waals surface area contributed by atoms with E-state index in [2.05, 4.69) is 10.4 Å². The van der Waals surface area contributed by atoms with Crippen LogP contribution in [0, 0.1) is 17.0 Å². The summed E-state index contributed by atoms with van der Waals surface area (Å²) in [6.07, 6.45) is 5.08. The third kappa shape index (κ3) is 3.74. The number of hydrogen-bond donors (Lipinski definition) is 1. The molecule has 3 rings (SSSR count). The van der Waals surface area contributed by atoms with E-state index in [0.29, 0.717) is 5.69 Å². The van der Waals surface area contributed by atoms with Crippen LogP contribution in [0.25, 0.3) is 5.69 Å². The summed E-state index contributed by atoms with van der Waals surface area (Å²) < 4.78 is 3.36. The van der Waals surface area contributed by atoms with Crippen molar-refractivity contribution < 1.29 is 9.72 Å². The molecule has 140 valence electrons. The van der Waals surface area contributed by atoms with Gasteiger partial charge in [0.25, 0.3) is 0 Å². The van der Waals surface area contributed by atoms with E-state index in [1.807, 2.05) is 60.3 Å². The Hall–Kier alpha value is -3.42. The van der Waals surface area contributed by atoms with Crippen molar-refractivity contribution in [2.75, 3.05) is 0 Å².